The lowest BCUT2D eigenvalue weighted by atomic mass is 10.2. The van der Waals surface area contributed by atoms with Crippen LogP contribution < -0.4 is 4.90 Å². The maximum absolute atomic E-state index is 13.7. The molecule has 160 valence electrons. The first-order valence-electron chi connectivity index (χ1n) is 10.5. The van der Waals surface area contributed by atoms with Crippen molar-refractivity contribution in [2.75, 3.05) is 44.3 Å². The number of anilines is 1. The Labute approximate surface area is 181 Å². The van der Waals surface area contributed by atoms with E-state index >= 15 is 0 Å². The molecule has 0 N–H and O–H groups in total. The zero-order valence-electron chi connectivity index (χ0n) is 18.1. The third-order valence-electron chi connectivity index (χ3n) is 5.40. The summed E-state index contributed by atoms with van der Waals surface area (Å²) >= 11 is 1.57. The molecule has 3 heterocycles. The third kappa shape index (κ3) is 4.26. The van der Waals surface area contributed by atoms with Crippen molar-refractivity contribution >= 4 is 32.6 Å². The Balaban J connectivity index is 1.69. The number of aromatic nitrogens is 3. The Hall–Kier alpha value is -2.29. The van der Waals surface area contributed by atoms with Gasteiger partial charge in [0, 0.05) is 32.2 Å². The first-order chi connectivity index (χ1) is 14.4. The second-order valence-corrected chi connectivity index (χ2v) is 9.05. The average molecular weight is 428 g/mol. The minimum Gasteiger partial charge on any atom is -0.379 e. The normalized spacial score (nSPS) is 15.2. The standard InChI is InChI=1S/C22H29N5O2S/c1-15(2)27-18(14-17(4)24-27)21(28)26(9-8-25-10-12-29-13-11-25)22-23-20-16(3)6-5-7-19(20)30-22/h5-7,14-15H,8-13H2,1-4H3. The molecule has 1 fully saturated rings. The lowest BCUT2D eigenvalue weighted by Gasteiger charge is -2.29. The van der Waals surface area contributed by atoms with Gasteiger partial charge in [-0.05, 0) is 45.4 Å². The Bertz CT molecular complexity index is 1040. The fourth-order valence-electron chi connectivity index (χ4n) is 3.75. The van der Waals surface area contributed by atoms with Crippen molar-refractivity contribution in [2.45, 2.75) is 33.7 Å². The molecule has 2 aromatic heterocycles. The van der Waals surface area contributed by atoms with Gasteiger partial charge in [0.25, 0.3) is 5.91 Å². The van der Waals surface area contributed by atoms with E-state index < -0.39 is 0 Å². The number of amides is 1. The number of morpholine rings is 1. The van der Waals surface area contributed by atoms with E-state index in [0.29, 0.717) is 12.2 Å². The highest BCUT2D eigenvalue weighted by Crippen LogP contribution is 2.31. The number of benzene rings is 1. The summed E-state index contributed by atoms with van der Waals surface area (Å²) in [5.74, 6) is -0.0470. The zero-order chi connectivity index (χ0) is 21.3. The first kappa shape index (κ1) is 21.0. The summed E-state index contributed by atoms with van der Waals surface area (Å²) in [7, 11) is 0. The highest BCUT2D eigenvalue weighted by atomic mass is 32.1. The molecule has 0 radical (unpaired) electrons. The molecule has 0 unspecified atom stereocenters. The predicted molar refractivity (Wildman–Crippen MR) is 121 cm³/mol. The van der Waals surface area contributed by atoms with Gasteiger partial charge in [0.15, 0.2) is 5.13 Å². The smallest absolute Gasteiger partial charge is 0.278 e. The number of para-hydroxylation sites is 1. The van der Waals surface area contributed by atoms with Crippen LogP contribution in [-0.4, -0.2) is 65.0 Å². The van der Waals surface area contributed by atoms with Crippen LogP contribution in [0.3, 0.4) is 0 Å². The summed E-state index contributed by atoms with van der Waals surface area (Å²) in [4.78, 5) is 22.7. The van der Waals surface area contributed by atoms with Gasteiger partial charge < -0.3 is 4.74 Å². The molecular weight excluding hydrogens is 398 g/mol. The SMILES string of the molecule is Cc1cc(C(=O)N(CCN2CCOCC2)c2nc3c(C)cccc3s2)n(C(C)C)n1. The van der Waals surface area contributed by atoms with Crippen LogP contribution >= 0.6 is 11.3 Å². The Morgan fingerprint density at radius 2 is 2.03 bits per heavy atom. The molecule has 30 heavy (non-hydrogen) atoms. The van der Waals surface area contributed by atoms with Crippen molar-refractivity contribution < 1.29 is 9.53 Å². The van der Waals surface area contributed by atoms with Gasteiger partial charge in [-0.25, -0.2) is 4.98 Å². The fourth-order valence-corrected chi connectivity index (χ4v) is 4.82. The number of ether oxygens (including phenoxy) is 1. The maximum Gasteiger partial charge on any atom is 0.278 e. The molecule has 0 atom stereocenters. The van der Waals surface area contributed by atoms with E-state index in [-0.39, 0.29) is 11.9 Å². The summed E-state index contributed by atoms with van der Waals surface area (Å²) in [6.07, 6.45) is 0. The number of nitrogens with zero attached hydrogens (tertiary/aromatic N) is 5. The molecular formula is C22H29N5O2S. The van der Waals surface area contributed by atoms with Crippen molar-refractivity contribution in [1.29, 1.82) is 0 Å². The second-order valence-electron chi connectivity index (χ2n) is 8.04. The van der Waals surface area contributed by atoms with Gasteiger partial charge in [0.2, 0.25) is 0 Å². The number of carbonyl (C=O) groups excluding carboxylic acids is 1. The van der Waals surface area contributed by atoms with Gasteiger partial charge >= 0.3 is 0 Å². The van der Waals surface area contributed by atoms with E-state index in [9.17, 15) is 4.79 Å². The highest BCUT2D eigenvalue weighted by Gasteiger charge is 2.26. The fraction of sp³-hybridized carbons (Fsp3) is 0.500. The molecule has 0 bridgehead atoms. The molecule has 4 rings (SSSR count). The molecule has 1 aromatic carbocycles. The monoisotopic (exact) mass is 427 g/mol. The Kier molecular flexibility index (Phi) is 6.17. The van der Waals surface area contributed by atoms with E-state index in [2.05, 4.69) is 29.1 Å². The molecule has 0 aliphatic carbocycles. The predicted octanol–water partition coefficient (Wildman–Crippen LogP) is 3.67. The summed E-state index contributed by atoms with van der Waals surface area (Å²) in [5.41, 5.74) is 3.55. The number of rotatable bonds is 6. The van der Waals surface area contributed by atoms with Gasteiger partial charge in [-0.2, -0.15) is 5.10 Å². The van der Waals surface area contributed by atoms with E-state index in [4.69, 9.17) is 9.72 Å². The van der Waals surface area contributed by atoms with E-state index in [1.807, 2.05) is 42.5 Å². The zero-order valence-corrected chi connectivity index (χ0v) is 18.9. The minimum absolute atomic E-state index is 0.0470. The lowest BCUT2D eigenvalue weighted by molar-refractivity contribution is 0.0391. The van der Waals surface area contributed by atoms with Crippen LogP contribution in [-0.2, 0) is 4.74 Å². The molecule has 1 aliphatic rings. The van der Waals surface area contributed by atoms with Crippen LogP contribution in [0.1, 0.15) is 41.6 Å². The second kappa shape index (κ2) is 8.83. The number of hydrogen-bond donors (Lipinski definition) is 0. The van der Waals surface area contributed by atoms with Gasteiger partial charge in [0.05, 0.1) is 29.1 Å². The molecule has 1 aliphatic heterocycles. The van der Waals surface area contributed by atoms with E-state index in [0.717, 1.165) is 59.5 Å². The first-order valence-corrected chi connectivity index (χ1v) is 11.3. The van der Waals surface area contributed by atoms with Crippen LogP contribution in [0.4, 0.5) is 5.13 Å². The lowest BCUT2D eigenvalue weighted by Crippen LogP contribution is -2.43. The molecule has 7 nitrogen and oxygen atoms in total. The van der Waals surface area contributed by atoms with Crippen LogP contribution in [0, 0.1) is 13.8 Å². The quantitative estimate of drug-likeness (QED) is 0.601. The minimum atomic E-state index is -0.0470. The number of thiazole rings is 1. The molecule has 3 aromatic rings. The Morgan fingerprint density at radius 1 is 1.27 bits per heavy atom. The summed E-state index contributed by atoms with van der Waals surface area (Å²) in [6, 6.07) is 8.15. The van der Waals surface area contributed by atoms with Crippen LogP contribution in [0.15, 0.2) is 24.3 Å². The number of aryl methyl sites for hydroxylation is 2. The molecule has 1 saturated heterocycles. The van der Waals surface area contributed by atoms with Crippen molar-refractivity contribution in [1.82, 2.24) is 19.7 Å². The molecule has 0 saturated carbocycles. The molecule has 0 spiro atoms. The largest absolute Gasteiger partial charge is 0.379 e. The highest BCUT2D eigenvalue weighted by molar-refractivity contribution is 7.22. The van der Waals surface area contributed by atoms with Crippen molar-refractivity contribution in [3.05, 3.63) is 41.2 Å². The van der Waals surface area contributed by atoms with Gasteiger partial charge in [-0.15, -0.1) is 0 Å². The maximum atomic E-state index is 13.7. The topological polar surface area (TPSA) is 63.5 Å². The van der Waals surface area contributed by atoms with Crippen molar-refractivity contribution in [3.8, 4) is 0 Å². The summed E-state index contributed by atoms with van der Waals surface area (Å²) in [6.45, 7) is 12.7. The van der Waals surface area contributed by atoms with Gasteiger partial charge in [-0.1, -0.05) is 23.5 Å². The van der Waals surface area contributed by atoms with E-state index in [1.54, 1.807) is 11.3 Å². The molecule has 1 amide bonds. The van der Waals surface area contributed by atoms with Crippen LogP contribution in [0.2, 0.25) is 0 Å². The van der Waals surface area contributed by atoms with E-state index in [1.165, 1.54) is 0 Å². The Morgan fingerprint density at radius 3 is 2.73 bits per heavy atom. The average Bonchev–Trinajstić information content (AvgIpc) is 3.33. The summed E-state index contributed by atoms with van der Waals surface area (Å²) in [5, 5.41) is 5.28. The van der Waals surface area contributed by atoms with Crippen LogP contribution in [0.5, 0.6) is 0 Å². The van der Waals surface area contributed by atoms with Crippen LogP contribution in [0.25, 0.3) is 10.2 Å². The molecule has 8 heteroatoms. The van der Waals surface area contributed by atoms with Crippen molar-refractivity contribution in [2.24, 2.45) is 0 Å². The van der Waals surface area contributed by atoms with Gasteiger partial charge in [-0.3, -0.25) is 19.3 Å². The summed E-state index contributed by atoms with van der Waals surface area (Å²) < 4.78 is 8.38. The number of hydrogen-bond acceptors (Lipinski definition) is 6. The number of carbonyl (C=O) groups is 1. The number of fused-ring (bicyclic) bond motifs is 1. The van der Waals surface area contributed by atoms with Gasteiger partial charge in [0.1, 0.15) is 5.69 Å². The van der Waals surface area contributed by atoms with Crippen molar-refractivity contribution in [3.63, 3.8) is 0 Å². The third-order valence-corrected chi connectivity index (χ3v) is 6.44.